The Bertz CT molecular complexity index is 967. The number of hydrogen-bond acceptors (Lipinski definition) is 5. The number of sulfonamides is 1. The van der Waals surface area contributed by atoms with E-state index in [9.17, 15) is 18.0 Å². The summed E-state index contributed by atoms with van der Waals surface area (Å²) in [5.74, 6) is -1.17. The molecule has 150 valence electrons. The van der Waals surface area contributed by atoms with Crippen molar-refractivity contribution in [3.05, 3.63) is 42.5 Å². The number of amides is 1. The SMILES string of the molecule is C[C@@H](OC(=O)CNS(=O)(=O)c1ccc2ccccc2c1)C(=O)NC1CCCC1. The van der Waals surface area contributed by atoms with Crippen LogP contribution in [-0.2, 0) is 24.3 Å². The summed E-state index contributed by atoms with van der Waals surface area (Å²) in [6.45, 7) is 0.927. The van der Waals surface area contributed by atoms with Gasteiger partial charge in [0.15, 0.2) is 6.10 Å². The van der Waals surface area contributed by atoms with Crippen molar-refractivity contribution in [1.29, 1.82) is 0 Å². The van der Waals surface area contributed by atoms with Crippen LogP contribution in [0.25, 0.3) is 10.8 Å². The van der Waals surface area contributed by atoms with E-state index in [1.54, 1.807) is 12.1 Å². The number of rotatable bonds is 7. The van der Waals surface area contributed by atoms with Crippen molar-refractivity contribution in [3.63, 3.8) is 0 Å². The lowest BCUT2D eigenvalue weighted by Gasteiger charge is -2.17. The molecular formula is C20H24N2O5S. The van der Waals surface area contributed by atoms with Gasteiger partial charge in [0, 0.05) is 6.04 Å². The van der Waals surface area contributed by atoms with Crippen molar-refractivity contribution in [1.82, 2.24) is 10.0 Å². The molecule has 1 aliphatic carbocycles. The van der Waals surface area contributed by atoms with Crippen LogP contribution in [0.15, 0.2) is 47.4 Å². The second-order valence-corrected chi connectivity index (χ2v) is 8.72. The number of ether oxygens (including phenoxy) is 1. The third-order valence-corrected chi connectivity index (χ3v) is 6.22. The van der Waals surface area contributed by atoms with Crippen LogP contribution in [0.2, 0.25) is 0 Å². The Morgan fingerprint density at radius 1 is 1.11 bits per heavy atom. The van der Waals surface area contributed by atoms with Crippen molar-refractivity contribution in [2.75, 3.05) is 6.54 Å². The fraction of sp³-hybridized carbons (Fsp3) is 0.400. The first kappa shape index (κ1) is 20.3. The summed E-state index contributed by atoms with van der Waals surface area (Å²) in [6, 6.07) is 12.2. The predicted octanol–water partition coefficient (Wildman–Crippen LogP) is 2.11. The molecule has 0 heterocycles. The van der Waals surface area contributed by atoms with Crippen LogP contribution in [-0.4, -0.2) is 39.0 Å². The highest BCUT2D eigenvalue weighted by Gasteiger charge is 2.24. The van der Waals surface area contributed by atoms with Gasteiger partial charge in [-0.05, 0) is 42.7 Å². The van der Waals surface area contributed by atoms with E-state index in [0.29, 0.717) is 0 Å². The van der Waals surface area contributed by atoms with Crippen LogP contribution < -0.4 is 10.0 Å². The van der Waals surface area contributed by atoms with Gasteiger partial charge >= 0.3 is 5.97 Å². The molecule has 2 aromatic carbocycles. The summed E-state index contributed by atoms with van der Waals surface area (Å²) < 4.78 is 32.1. The van der Waals surface area contributed by atoms with E-state index in [2.05, 4.69) is 10.0 Å². The molecule has 0 radical (unpaired) electrons. The highest BCUT2D eigenvalue weighted by atomic mass is 32.2. The monoisotopic (exact) mass is 404 g/mol. The van der Waals surface area contributed by atoms with Gasteiger partial charge in [-0.25, -0.2) is 8.42 Å². The predicted molar refractivity (Wildman–Crippen MR) is 105 cm³/mol. The maximum absolute atomic E-state index is 12.4. The van der Waals surface area contributed by atoms with Gasteiger partial charge in [0.25, 0.3) is 5.91 Å². The fourth-order valence-corrected chi connectivity index (χ4v) is 4.26. The number of nitrogens with one attached hydrogen (secondary N) is 2. The molecule has 1 atom stereocenters. The van der Waals surface area contributed by atoms with E-state index in [1.165, 1.54) is 13.0 Å². The summed E-state index contributed by atoms with van der Waals surface area (Å²) in [6.07, 6.45) is 3.04. The van der Waals surface area contributed by atoms with E-state index < -0.39 is 28.6 Å². The van der Waals surface area contributed by atoms with Gasteiger partial charge in [0.2, 0.25) is 10.0 Å². The maximum Gasteiger partial charge on any atom is 0.321 e. The van der Waals surface area contributed by atoms with Crippen LogP contribution in [0.5, 0.6) is 0 Å². The number of fused-ring (bicyclic) bond motifs is 1. The van der Waals surface area contributed by atoms with Gasteiger partial charge < -0.3 is 10.1 Å². The van der Waals surface area contributed by atoms with Crippen molar-refractivity contribution in [2.45, 2.75) is 49.6 Å². The van der Waals surface area contributed by atoms with Gasteiger partial charge in [-0.15, -0.1) is 0 Å². The molecule has 2 N–H and O–H groups in total. The number of esters is 1. The lowest BCUT2D eigenvalue weighted by atomic mass is 10.1. The summed E-state index contributed by atoms with van der Waals surface area (Å²) in [5, 5.41) is 4.55. The second kappa shape index (κ2) is 8.70. The zero-order valence-corrected chi connectivity index (χ0v) is 16.5. The van der Waals surface area contributed by atoms with Gasteiger partial charge in [-0.3, -0.25) is 9.59 Å². The molecule has 28 heavy (non-hydrogen) atoms. The molecular weight excluding hydrogens is 380 g/mol. The normalized spacial score (nSPS) is 16.0. The van der Waals surface area contributed by atoms with Crippen LogP contribution in [0, 0.1) is 0 Å². The molecule has 0 unspecified atom stereocenters. The smallest absolute Gasteiger partial charge is 0.321 e. The topological polar surface area (TPSA) is 102 Å². The van der Waals surface area contributed by atoms with Gasteiger partial charge in [0.1, 0.15) is 6.54 Å². The first-order valence-electron chi connectivity index (χ1n) is 9.33. The minimum absolute atomic E-state index is 0.0611. The molecule has 8 heteroatoms. The van der Waals surface area contributed by atoms with Crippen molar-refractivity contribution < 1.29 is 22.7 Å². The largest absolute Gasteiger partial charge is 0.452 e. The molecule has 1 saturated carbocycles. The first-order valence-corrected chi connectivity index (χ1v) is 10.8. The molecule has 0 aliphatic heterocycles. The molecule has 1 fully saturated rings. The van der Waals surface area contributed by atoms with E-state index in [-0.39, 0.29) is 16.8 Å². The Balaban J connectivity index is 1.54. The van der Waals surface area contributed by atoms with Crippen molar-refractivity contribution in [3.8, 4) is 0 Å². The average molecular weight is 404 g/mol. The molecule has 3 rings (SSSR count). The third-order valence-electron chi connectivity index (χ3n) is 4.82. The molecule has 7 nitrogen and oxygen atoms in total. The Labute approximate surface area is 164 Å². The van der Waals surface area contributed by atoms with Gasteiger partial charge in [-0.1, -0.05) is 43.2 Å². The quantitative estimate of drug-likeness (QED) is 0.688. The highest BCUT2D eigenvalue weighted by Crippen LogP contribution is 2.19. The number of carbonyl (C=O) groups is 2. The van der Waals surface area contributed by atoms with Gasteiger partial charge in [-0.2, -0.15) is 4.72 Å². The lowest BCUT2D eigenvalue weighted by molar-refractivity contribution is -0.153. The molecule has 0 bridgehead atoms. The minimum atomic E-state index is -3.87. The van der Waals surface area contributed by atoms with Crippen molar-refractivity contribution >= 4 is 32.7 Å². The van der Waals surface area contributed by atoms with E-state index >= 15 is 0 Å². The van der Waals surface area contributed by atoms with Crippen LogP contribution in [0.1, 0.15) is 32.6 Å². The van der Waals surface area contributed by atoms with Crippen LogP contribution in [0.3, 0.4) is 0 Å². The zero-order chi connectivity index (χ0) is 20.1. The Kier molecular flexibility index (Phi) is 6.31. The average Bonchev–Trinajstić information content (AvgIpc) is 3.19. The standard InChI is InChI=1S/C20H24N2O5S/c1-14(20(24)22-17-8-4-5-9-17)27-19(23)13-21-28(25,26)18-11-10-15-6-2-3-7-16(15)12-18/h2-3,6-7,10-12,14,17,21H,4-5,8-9,13H2,1H3,(H,22,24)/t14-/m1/s1. The summed E-state index contributed by atoms with van der Waals surface area (Å²) >= 11 is 0. The second-order valence-electron chi connectivity index (χ2n) is 6.96. The summed E-state index contributed by atoms with van der Waals surface area (Å²) in [5.41, 5.74) is 0. The minimum Gasteiger partial charge on any atom is -0.452 e. The fourth-order valence-electron chi connectivity index (χ4n) is 3.25. The summed E-state index contributed by atoms with van der Waals surface area (Å²) in [7, 11) is -3.87. The highest BCUT2D eigenvalue weighted by molar-refractivity contribution is 7.89. The molecule has 2 aromatic rings. The van der Waals surface area contributed by atoms with Crippen molar-refractivity contribution in [2.24, 2.45) is 0 Å². The Hall–Kier alpha value is -2.45. The van der Waals surface area contributed by atoms with E-state index in [1.807, 2.05) is 24.3 Å². The number of benzene rings is 2. The van der Waals surface area contributed by atoms with Crippen LogP contribution in [0.4, 0.5) is 0 Å². The molecule has 1 amide bonds. The maximum atomic E-state index is 12.4. The Morgan fingerprint density at radius 2 is 1.79 bits per heavy atom. The van der Waals surface area contributed by atoms with Crippen LogP contribution >= 0.6 is 0 Å². The molecule has 0 aromatic heterocycles. The molecule has 0 spiro atoms. The Morgan fingerprint density at radius 3 is 2.50 bits per heavy atom. The van der Waals surface area contributed by atoms with E-state index in [4.69, 9.17) is 4.74 Å². The first-order chi connectivity index (χ1) is 13.3. The lowest BCUT2D eigenvalue weighted by Crippen LogP contribution is -2.42. The molecule has 0 saturated heterocycles. The van der Waals surface area contributed by atoms with Gasteiger partial charge in [0.05, 0.1) is 4.90 Å². The molecule has 1 aliphatic rings. The number of carbonyl (C=O) groups excluding carboxylic acids is 2. The summed E-state index contributed by atoms with van der Waals surface area (Å²) in [4.78, 5) is 24.1. The third kappa shape index (κ3) is 5.08. The van der Waals surface area contributed by atoms with E-state index in [0.717, 1.165) is 36.5 Å². The zero-order valence-electron chi connectivity index (χ0n) is 15.7. The number of hydrogen-bond donors (Lipinski definition) is 2.